The van der Waals surface area contributed by atoms with E-state index in [1.807, 2.05) is 25.2 Å². The van der Waals surface area contributed by atoms with Gasteiger partial charge in [-0.1, -0.05) is 11.6 Å². The van der Waals surface area contributed by atoms with Gasteiger partial charge >= 0.3 is 0 Å². The third-order valence-electron chi connectivity index (χ3n) is 5.61. The molecule has 0 aromatic heterocycles. The number of rotatable bonds is 5. The van der Waals surface area contributed by atoms with Crippen LogP contribution >= 0.6 is 11.6 Å². The topological polar surface area (TPSA) is 47.6 Å². The Morgan fingerprint density at radius 3 is 2.48 bits per heavy atom. The van der Waals surface area contributed by atoms with Gasteiger partial charge in [0.15, 0.2) is 0 Å². The number of nitrogens with one attached hydrogen (secondary N) is 2. The van der Waals surface area contributed by atoms with Crippen LogP contribution in [0.2, 0.25) is 5.02 Å². The summed E-state index contributed by atoms with van der Waals surface area (Å²) in [5.41, 5.74) is 8.25. The van der Waals surface area contributed by atoms with E-state index < -0.39 is 0 Å². The standard InChI is InChI=1S/C19H29ClN4O/c1-13-16(14(2)22-21-13)8-11-23(3)19(25)15-6-7-18(17(20)12-15)24-9-4-5-10-24/h6-7,12-14,16,21-22H,4-5,8-11H2,1-3H3. The minimum atomic E-state index is 0.0362. The van der Waals surface area contributed by atoms with E-state index in [-0.39, 0.29) is 5.91 Å². The molecule has 0 aliphatic carbocycles. The van der Waals surface area contributed by atoms with Gasteiger partial charge in [0.25, 0.3) is 5.91 Å². The van der Waals surface area contributed by atoms with Crippen LogP contribution in [0, 0.1) is 5.92 Å². The Hall–Kier alpha value is -1.30. The Bertz CT molecular complexity index is 607. The maximum Gasteiger partial charge on any atom is 0.253 e. The number of hydrogen-bond donors (Lipinski definition) is 2. The molecule has 5 nitrogen and oxygen atoms in total. The van der Waals surface area contributed by atoms with Crippen LogP contribution in [0.4, 0.5) is 5.69 Å². The quantitative estimate of drug-likeness (QED) is 0.843. The van der Waals surface area contributed by atoms with Gasteiger partial charge in [0.2, 0.25) is 0 Å². The third-order valence-corrected chi connectivity index (χ3v) is 5.91. The predicted octanol–water partition coefficient (Wildman–Crippen LogP) is 2.90. The fraction of sp³-hybridized carbons (Fsp3) is 0.632. The monoisotopic (exact) mass is 364 g/mol. The molecule has 2 unspecified atom stereocenters. The van der Waals surface area contributed by atoms with Crippen LogP contribution in [0.3, 0.4) is 0 Å². The zero-order valence-electron chi connectivity index (χ0n) is 15.4. The van der Waals surface area contributed by atoms with Gasteiger partial charge in [-0.2, -0.15) is 0 Å². The summed E-state index contributed by atoms with van der Waals surface area (Å²) >= 11 is 6.45. The number of benzene rings is 1. The number of nitrogens with zero attached hydrogens (tertiary/aromatic N) is 2. The number of carbonyl (C=O) groups is 1. The molecular formula is C19H29ClN4O. The first-order valence-electron chi connectivity index (χ1n) is 9.28. The highest BCUT2D eigenvalue weighted by Gasteiger charge is 2.30. The van der Waals surface area contributed by atoms with Gasteiger partial charge in [0, 0.05) is 44.3 Å². The molecule has 0 spiro atoms. The van der Waals surface area contributed by atoms with E-state index in [9.17, 15) is 4.79 Å². The molecule has 1 amide bonds. The van der Waals surface area contributed by atoms with Gasteiger partial charge in [0.1, 0.15) is 0 Å². The number of amides is 1. The first-order valence-corrected chi connectivity index (χ1v) is 9.66. The van der Waals surface area contributed by atoms with E-state index in [1.54, 1.807) is 4.90 Å². The van der Waals surface area contributed by atoms with Gasteiger partial charge < -0.3 is 9.80 Å². The van der Waals surface area contributed by atoms with Crippen molar-refractivity contribution in [3.05, 3.63) is 28.8 Å². The van der Waals surface area contributed by atoms with Gasteiger partial charge in [-0.25, -0.2) is 0 Å². The fourth-order valence-corrected chi connectivity index (χ4v) is 4.23. The van der Waals surface area contributed by atoms with Crippen LogP contribution in [-0.4, -0.2) is 49.6 Å². The number of halogens is 1. The lowest BCUT2D eigenvalue weighted by molar-refractivity contribution is 0.0785. The largest absolute Gasteiger partial charge is 0.370 e. The van der Waals surface area contributed by atoms with Crippen molar-refractivity contribution in [1.82, 2.24) is 15.8 Å². The normalized spacial score (nSPS) is 26.2. The molecule has 25 heavy (non-hydrogen) atoms. The maximum atomic E-state index is 12.7. The second-order valence-corrected chi connectivity index (χ2v) is 7.81. The second kappa shape index (κ2) is 7.94. The molecule has 138 valence electrons. The van der Waals surface area contributed by atoms with Crippen molar-refractivity contribution in [3.8, 4) is 0 Å². The van der Waals surface area contributed by atoms with Crippen LogP contribution in [0.15, 0.2) is 18.2 Å². The summed E-state index contributed by atoms with van der Waals surface area (Å²) in [7, 11) is 1.87. The molecule has 2 saturated heterocycles. The summed E-state index contributed by atoms with van der Waals surface area (Å²) in [5, 5.41) is 0.674. The Balaban J connectivity index is 1.60. The van der Waals surface area contributed by atoms with E-state index in [0.29, 0.717) is 28.6 Å². The SMILES string of the molecule is CC1NNC(C)C1CCN(C)C(=O)c1ccc(N2CCCC2)c(Cl)c1. The molecule has 2 heterocycles. The first kappa shape index (κ1) is 18.5. The Kier molecular flexibility index (Phi) is 5.87. The van der Waals surface area contributed by atoms with Crippen molar-refractivity contribution in [2.45, 2.75) is 45.2 Å². The Morgan fingerprint density at radius 1 is 1.24 bits per heavy atom. The predicted molar refractivity (Wildman–Crippen MR) is 103 cm³/mol. The fourth-order valence-electron chi connectivity index (χ4n) is 3.93. The highest BCUT2D eigenvalue weighted by Crippen LogP contribution is 2.30. The van der Waals surface area contributed by atoms with Crippen LogP contribution in [0.25, 0.3) is 0 Å². The van der Waals surface area contributed by atoms with Gasteiger partial charge in [0.05, 0.1) is 10.7 Å². The van der Waals surface area contributed by atoms with Crippen molar-refractivity contribution in [2.75, 3.05) is 31.6 Å². The molecule has 3 rings (SSSR count). The molecule has 1 aromatic rings. The lowest BCUT2D eigenvalue weighted by atomic mass is 9.93. The summed E-state index contributed by atoms with van der Waals surface area (Å²) in [6.45, 7) is 7.20. The summed E-state index contributed by atoms with van der Waals surface area (Å²) in [5.74, 6) is 0.561. The Labute approximate surface area is 155 Å². The average molecular weight is 365 g/mol. The van der Waals surface area contributed by atoms with Crippen LogP contribution in [-0.2, 0) is 0 Å². The first-order chi connectivity index (χ1) is 12.0. The van der Waals surface area contributed by atoms with Crippen molar-refractivity contribution in [3.63, 3.8) is 0 Å². The van der Waals surface area contributed by atoms with E-state index in [4.69, 9.17) is 11.6 Å². The summed E-state index contributed by atoms with van der Waals surface area (Å²) < 4.78 is 0. The highest BCUT2D eigenvalue weighted by atomic mass is 35.5. The highest BCUT2D eigenvalue weighted by molar-refractivity contribution is 6.33. The molecular weight excluding hydrogens is 336 g/mol. The van der Waals surface area contributed by atoms with Crippen LogP contribution in [0.1, 0.15) is 43.5 Å². The van der Waals surface area contributed by atoms with Crippen molar-refractivity contribution in [2.24, 2.45) is 5.92 Å². The van der Waals surface area contributed by atoms with Crippen molar-refractivity contribution in [1.29, 1.82) is 0 Å². The number of hydrogen-bond acceptors (Lipinski definition) is 4. The smallest absolute Gasteiger partial charge is 0.253 e. The van der Waals surface area contributed by atoms with E-state index >= 15 is 0 Å². The molecule has 2 fully saturated rings. The maximum absolute atomic E-state index is 12.7. The summed E-state index contributed by atoms with van der Waals surface area (Å²) in [6.07, 6.45) is 3.40. The van der Waals surface area contributed by atoms with Crippen molar-refractivity contribution >= 4 is 23.2 Å². The lowest BCUT2D eigenvalue weighted by Gasteiger charge is -2.24. The van der Waals surface area contributed by atoms with E-state index in [2.05, 4.69) is 29.6 Å². The van der Waals surface area contributed by atoms with Gasteiger partial charge in [-0.05, 0) is 57.2 Å². The zero-order valence-corrected chi connectivity index (χ0v) is 16.1. The lowest BCUT2D eigenvalue weighted by Crippen LogP contribution is -2.32. The number of anilines is 1. The molecule has 0 saturated carbocycles. The minimum absolute atomic E-state index is 0.0362. The summed E-state index contributed by atoms with van der Waals surface area (Å²) in [6, 6.07) is 6.56. The Morgan fingerprint density at radius 2 is 1.88 bits per heavy atom. The van der Waals surface area contributed by atoms with E-state index in [1.165, 1.54) is 12.8 Å². The molecule has 2 aliphatic rings. The molecule has 1 aromatic carbocycles. The average Bonchev–Trinajstić information content (AvgIpc) is 3.23. The second-order valence-electron chi connectivity index (χ2n) is 7.41. The van der Waals surface area contributed by atoms with Crippen molar-refractivity contribution < 1.29 is 4.79 Å². The molecule has 6 heteroatoms. The van der Waals surface area contributed by atoms with Gasteiger partial charge in [-0.3, -0.25) is 15.6 Å². The van der Waals surface area contributed by atoms with Gasteiger partial charge in [-0.15, -0.1) is 0 Å². The molecule has 2 N–H and O–H groups in total. The number of hydrazine groups is 1. The minimum Gasteiger partial charge on any atom is -0.370 e. The zero-order chi connectivity index (χ0) is 18.0. The van der Waals surface area contributed by atoms with Crippen LogP contribution in [0.5, 0.6) is 0 Å². The number of carbonyl (C=O) groups excluding carboxylic acids is 1. The molecule has 0 bridgehead atoms. The summed E-state index contributed by atoms with van der Waals surface area (Å²) in [4.78, 5) is 16.8. The van der Waals surface area contributed by atoms with Crippen LogP contribution < -0.4 is 15.8 Å². The third kappa shape index (κ3) is 4.10. The molecule has 2 atom stereocenters. The van der Waals surface area contributed by atoms with E-state index in [0.717, 1.165) is 31.7 Å². The molecule has 0 radical (unpaired) electrons. The molecule has 2 aliphatic heterocycles.